The fraction of sp³-hybridized carbons (Fsp3) is 0.133. The molecule has 1 aromatic carbocycles. The monoisotopic (exact) mass is 285 g/mol. The second-order valence-corrected chi connectivity index (χ2v) is 4.66. The molecule has 0 amide bonds. The summed E-state index contributed by atoms with van der Waals surface area (Å²) in [5.74, 6) is -0.228. The lowest BCUT2D eigenvalue weighted by atomic mass is 10.1. The largest absolute Gasteiger partial charge is 0.494 e. The highest BCUT2D eigenvalue weighted by Crippen LogP contribution is 2.33. The van der Waals surface area contributed by atoms with Crippen LogP contribution in [0.25, 0.3) is 16.9 Å². The van der Waals surface area contributed by atoms with Gasteiger partial charge in [-0.05, 0) is 48.0 Å². The maximum absolute atomic E-state index is 13.8. The minimum atomic E-state index is -0.514. The van der Waals surface area contributed by atoms with Gasteiger partial charge in [-0.1, -0.05) is 0 Å². The maximum Gasteiger partial charge on any atom is 0.209 e. The van der Waals surface area contributed by atoms with Crippen molar-refractivity contribution in [3.8, 4) is 17.0 Å². The van der Waals surface area contributed by atoms with Crippen LogP contribution in [0.3, 0.4) is 0 Å². The van der Waals surface area contributed by atoms with Crippen LogP contribution in [0.5, 0.6) is 5.75 Å². The molecule has 0 aliphatic rings. The zero-order chi connectivity index (χ0) is 15.0. The molecule has 0 saturated heterocycles. The third-order valence-electron chi connectivity index (χ3n) is 3.27. The molecular formula is C15H12FN3O2. The fourth-order valence-corrected chi connectivity index (χ4v) is 2.23. The summed E-state index contributed by atoms with van der Waals surface area (Å²) in [6.07, 6.45) is 1.72. The van der Waals surface area contributed by atoms with E-state index in [1.165, 1.54) is 19.2 Å². The Balaban J connectivity index is 2.24. The summed E-state index contributed by atoms with van der Waals surface area (Å²) >= 11 is 0. The number of aryl methyl sites for hydroxylation is 1. The highest BCUT2D eigenvalue weighted by Gasteiger charge is 2.16. The summed E-state index contributed by atoms with van der Waals surface area (Å²) < 4.78 is 20.3. The highest BCUT2D eigenvalue weighted by molar-refractivity contribution is 5.75. The van der Waals surface area contributed by atoms with Crippen LogP contribution in [-0.4, -0.2) is 16.5 Å². The van der Waals surface area contributed by atoms with Crippen molar-refractivity contribution in [3.63, 3.8) is 0 Å². The zero-order valence-electron chi connectivity index (χ0n) is 11.5. The van der Waals surface area contributed by atoms with Gasteiger partial charge in [-0.3, -0.25) is 4.40 Å². The lowest BCUT2D eigenvalue weighted by molar-refractivity contribution is 0.386. The third kappa shape index (κ3) is 2.14. The molecule has 0 atom stereocenters. The average Bonchev–Trinajstić information content (AvgIpc) is 2.84. The van der Waals surface area contributed by atoms with E-state index >= 15 is 0 Å². The summed E-state index contributed by atoms with van der Waals surface area (Å²) in [6, 6.07) is 8.10. The van der Waals surface area contributed by atoms with Crippen molar-refractivity contribution in [3.05, 3.63) is 52.8 Å². The molecule has 0 bridgehead atoms. The Bertz CT molecular complexity index is 842. The van der Waals surface area contributed by atoms with Gasteiger partial charge < -0.3 is 4.74 Å². The molecule has 21 heavy (non-hydrogen) atoms. The zero-order valence-corrected chi connectivity index (χ0v) is 11.5. The van der Waals surface area contributed by atoms with Crippen molar-refractivity contribution >= 4 is 11.5 Å². The Morgan fingerprint density at radius 1 is 1.29 bits per heavy atom. The van der Waals surface area contributed by atoms with Crippen LogP contribution < -0.4 is 4.74 Å². The first-order chi connectivity index (χ1) is 10.1. The minimum Gasteiger partial charge on any atom is -0.494 e. The number of nitrogens with zero attached hydrogens (tertiary/aromatic N) is 3. The van der Waals surface area contributed by atoms with E-state index in [1.807, 2.05) is 19.1 Å². The number of hydrogen-bond donors (Lipinski definition) is 0. The first kappa shape index (κ1) is 13.2. The predicted octanol–water partition coefficient (Wildman–Crippen LogP) is 3.86. The van der Waals surface area contributed by atoms with E-state index in [-0.39, 0.29) is 11.6 Å². The molecule has 3 rings (SSSR count). The van der Waals surface area contributed by atoms with Gasteiger partial charge in [-0.25, -0.2) is 9.37 Å². The number of ether oxygens (including phenoxy) is 1. The van der Waals surface area contributed by atoms with E-state index < -0.39 is 5.82 Å². The number of hydrogen-bond acceptors (Lipinski definition) is 4. The lowest BCUT2D eigenvalue weighted by Crippen LogP contribution is -1.89. The Kier molecular flexibility index (Phi) is 3.13. The summed E-state index contributed by atoms with van der Waals surface area (Å²) in [5.41, 5.74) is 2.43. The molecule has 6 heteroatoms. The third-order valence-corrected chi connectivity index (χ3v) is 3.27. The van der Waals surface area contributed by atoms with Crippen molar-refractivity contribution < 1.29 is 9.13 Å². The summed E-state index contributed by atoms with van der Waals surface area (Å²) in [5, 5.41) is 3.03. The van der Waals surface area contributed by atoms with E-state index in [0.717, 1.165) is 5.56 Å². The summed E-state index contributed by atoms with van der Waals surface area (Å²) in [4.78, 5) is 15.5. The first-order valence-corrected chi connectivity index (χ1v) is 6.30. The van der Waals surface area contributed by atoms with Crippen LogP contribution in [0.4, 0.5) is 10.2 Å². The lowest BCUT2D eigenvalue weighted by Gasteiger charge is -2.03. The Morgan fingerprint density at radius 2 is 2.10 bits per heavy atom. The Hall–Kier alpha value is -2.76. The van der Waals surface area contributed by atoms with Gasteiger partial charge in [0, 0.05) is 11.8 Å². The number of nitroso groups, excluding NO2 is 1. The van der Waals surface area contributed by atoms with Gasteiger partial charge in [0.25, 0.3) is 0 Å². The van der Waals surface area contributed by atoms with Crippen LogP contribution in [0.1, 0.15) is 5.56 Å². The van der Waals surface area contributed by atoms with Crippen LogP contribution in [-0.2, 0) is 0 Å². The Morgan fingerprint density at radius 3 is 2.76 bits per heavy atom. The van der Waals surface area contributed by atoms with Crippen LogP contribution >= 0.6 is 0 Å². The number of halogens is 1. The molecule has 0 saturated carbocycles. The molecule has 0 aliphatic heterocycles. The molecule has 106 valence electrons. The van der Waals surface area contributed by atoms with E-state index in [4.69, 9.17) is 4.74 Å². The SMILES string of the molecule is COc1ccc(-c2nc3cc(C)ccn3c2N=O)cc1F. The second kappa shape index (κ2) is 4.97. The van der Waals surface area contributed by atoms with E-state index in [9.17, 15) is 9.30 Å². The normalized spacial score (nSPS) is 10.8. The quantitative estimate of drug-likeness (QED) is 0.687. The number of imidazole rings is 1. The topological polar surface area (TPSA) is 56.0 Å². The highest BCUT2D eigenvalue weighted by atomic mass is 19.1. The average molecular weight is 285 g/mol. The molecule has 0 spiro atoms. The van der Waals surface area contributed by atoms with Crippen molar-refractivity contribution in [2.45, 2.75) is 6.92 Å². The number of rotatable bonds is 3. The molecule has 0 N–H and O–H groups in total. The van der Waals surface area contributed by atoms with Gasteiger partial charge in [0.05, 0.1) is 7.11 Å². The molecule has 0 fully saturated rings. The molecular weight excluding hydrogens is 273 g/mol. The van der Waals surface area contributed by atoms with Gasteiger partial charge in [-0.2, -0.15) is 0 Å². The van der Waals surface area contributed by atoms with Gasteiger partial charge in [0.15, 0.2) is 11.6 Å². The van der Waals surface area contributed by atoms with Gasteiger partial charge in [0.1, 0.15) is 11.3 Å². The van der Waals surface area contributed by atoms with E-state index in [2.05, 4.69) is 10.2 Å². The molecule has 2 heterocycles. The predicted molar refractivity (Wildman–Crippen MR) is 77.3 cm³/mol. The fourth-order valence-electron chi connectivity index (χ4n) is 2.23. The summed E-state index contributed by atoms with van der Waals surface area (Å²) in [6.45, 7) is 1.93. The number of benzene rings is 1. The van der Waals surface area contributed by atoms with Crippen molar-refractivity contribution in [1.29, 1.82) is 0 Å². The number of fused-ring (bicyclic) bond motifs is 1. The van der Waals surface area contributed by atoms with Gasteiger partial charge in [0.2, 0.25) is 5.82 Å². The molecule has 5 nitrogen and oxygen atoms in total. The van der Waals surface area contributed by atoms with E-state index in [0.29, 0.717) is 16.9 Å². The smallest absolute Gasteiger partial charge is 0.209 e. The van der Waals surface area contributed by atoms with E-state index in [1.54, 1.807) is 16.7 Å². The maximum atomic E-state index is 13.8. The van der Waals surface area contributed by atoms with Gasteiger partial charge in [-0.15, -0.1) is 4.91 Å². The van der Waals surface area contributed by atoms with Crippen molar-refractivity contribution in [2.75, 3.05) is 7.11 Å². The number of pyridine rings is 1. The second-order valence-electron chi connectivity index (χ2n) is 4.66. The number of methoxy groups -OCH3 is 1. The van der Waals surface area contributed by atoms with Crippen molar-refractivity contribution in [1.82, 2.24) is 9.38 Å². The van der Waals surface area contributed by atoms with Gasteiger partial charge >= 0.3 is 0 Å². The molecule has 3 aromatic rings. The first-order valence-electron chi connectivity index (χ1n) is 6.30. The molecule has 0 radical (unpaired) electrons. The molecule has 0 aliphatic carbocycles. The molecule has 2 aromatic heterocycles. The van der Waals surface area contributed by atoms with Crippen LogP contribution in [0.2, 0.25) is 0 Å². The van der Waals surface area contributed by atoms with Crippen LogP contribution in [0, 0.1) is 17.6 Å². The van der Waals surface area contributed by atoms with Crippen LogP contribution in [0.15, 0.2) is 41.7 Å². The minimum absolute atomic E-state index is 0.138. The Labute approximate surface area is 120 Å². The number of aromatic nitrogens is 2. The molecule has 0 unspecified atom stereocenters. The van der Waals surface area contributed by atoms with Crippen molar-refractivity contribution in [2.24, 2.45) is 5.18 Å². The summed E-state index contributed by atoms with van der Waals surface area (Å²) in [7, 11) is 1.39. The standard InChI is InChI=1S/C15H12FN3O2/c1-9-5-6-19-13(7-9)17-14(15(19)18-20)10-3-4-12(21-2)11(16)8-10/h3-8H,1-2H3.